The van der Waals surface area contributed by atoms with E-state index in [4.69, 9.17) is 4.42 Å². The molecule has 0 saturated heterocycles. The molecule has 0 aliphatic rings. The van der Waals surface area contributed by atoms with Crippen LogP contribution in [0.5, 0.6) is 0 Å². The van der Waals surface area contributed by atoms with Gasteiger partial charge in [-0.15, -0.1) is 10.2 Å². The van der Waals surface area contributed by atoms with Crippen LogP contribution in [-0.4, -0.2) is 20.8 Å². The van der Waals surface area contributed by atoms with Crippen molar-refractivity contribution in [3.8, 4) is 0 Å². The van der Waals surface area contributed by atoms with E-state index in [-0.39, 0.29) is 6.04 Å². The molecule has 0 saturated carbocycles. The second-order valence-corrected chi connectivity index (χ2v) is 4.37. The highest BCUT2D eigenvalue weighted by Crippen LogP contribution is 2.11. The molecule has 2 aromatic heterocycles. The van der Waals surface area contributed by atoms with Gasteiger partial charge in [-0.2, -0.15) is 0 Å². The molecule has 0 spiro atoms. The van der Waals surface area contributed by atoms with Crippen molar-refractivity contribution in [2.45, 2.75) is 32.4 Å². The molecular formula is C12H18N4O. The van der Waals surface area contributed by atoms with Crippen LogP contribution in [0.4, 0.5) is 0 Å². The quantitative estimate of drug-likeness (QED) is 0.855. The third kappa shape index (κ3) is 2.94. The van der Waals surface area contributed by atoms with E-state index in [1.54, 1.807) is 12.6 Å². The van der Waals surface area contributed by atoms with Crippen molar-refractivity contribution >= 4 is 0 Å². The van der Waals surface area contributed by atoms with E-state index < -0.39 is 0 Å². The Morgan fingerprint density at radius 2 is 2.29 bits per heavy atom. The summed E-state index contributed by atoms with van der Waals surface area (Å²) in [6, 6.07) is 4.40. The van der Waals surface area contributed by atoms with E-state index in [2.05, 4.69) is 29.4 Å². The SMILES string of the molecule is CC(Cc1ccco1)NC(C)c1nncn1C. The molecular weight excluding hydrogens is 216 g/mol. The van der Waals surface area contributed by atoms with Gasteiger partial charge in [0.1, 0.15) is 17.9 Å². The maximum absolute atomic E-state index is 5.33. The number of nitrogens with one attached hydrogen (secondary N) is 1. The molecule has 5 heteroatoms. The number of aryl methyl sites for hydroxylation is 1. The van der Waals surface area contributed by atoms with Gasteiger partial charge in [0, 0.05) is 19.5 Å². The molecule has 2 unspecified atom stereocenters. The molecule has 0 amide bonds. The molecule has 2 atom stereocenters. The van der Waals surface area contributed by atoms with Crippen LogP contribution in [0.15, 0.2) is 29.1 Å². The molecule has 2 aromatic rings. The van der Waals surface area contributed by atoms with Gasteiger partial charge >= 0.3 is 0 Å². The summed E-state index contributed by atoms with van der Waals surface area (Å²) >= 11 is 0. The number of nitrogens with zero attached hydrogens (tertiary/aromatic N) is 3. The summed E-state index contributed by atoms with van der Waals surface area (Å²) in [5.41, 5.74) is 0. The van der Waals surface area contributed by atoms with Gasteiger partial charge in [0.2, 0.25) is 0 Å². The van der Waals surface area contributed by atoms with Gasteiger partial charge < -0.3 is 14.3 Å². The Labute approximate surface area is 101 Å². The van der Waals surface area contributed by atoms with E-state index in [9.17, 15) is 0 Å². The second-order valence-electron chi connectivity index (χ2n) is 4.37. The van der Waals surface area contributed by atoms with Crippen molar-refractivity contribution < 1.29 is 4.42 Å². The minimum absolute atomic E-state index is 0.174. The fourth-order valence-electron chi connectivity index (χ4n) is 1.97. The van der Waals surface area contributed by atoms with Crippen molar-refractivity contribution in [2.24, 2.45) is 7.05 Å². The molecule has 92 valence electrons. The van der Waals surface area contributed by atoms with Gasteiger partial charge in [-0.25, -0.2) is 0 Å². The third-order valence-electron chi connectivity index (χ3n) is 2.76. The first-order chi connectivity index (χ1) is 8.16. The first-order valence-electron chi connectivity index (χ1n) is 5.79. The zero-order valence-electron chi connectivity index (χ0n) is 10.4. The normalized spacial score (nSPS) is 14.8. The summed E-state index contributed by atoms with van der Waals surface area (Å²) < 4.78 is 7.25. The Bertz CT molecular complexity index is 449. The number of rotatable bonds is 5. The van der Waals surface area contributed by atoms with E-state index in [1.807, 2.05) is 23.7 Å². The molecule has 0 fully saturated rings. The fraction of sp³-hybridized carbons (Fsp3) is 0.500. The van der Waals surface area contributed by atoms with E-state index in [0.29, 0.717) is 6.04 Å². The first kappa shape index (κ1) is 11.9. The standard InChI is InChI=1S/C12H18N4O/c1-9(7-11-5-4-6-17-11)14-10(2)12-15-13-8-16(12)3/h4-6,8-10,14H,7H2,1-3H3. The topological polar surface area (TPSA) is 55.9 Å². The van der Waals surface area contributed by atoms with Crippen LogP contribution in [0, 0.1) is 0 Å². The van der Waals surface area contributed by atoms with Gasteiger partial charge in [-0.1, -0.05) is 0 Å². The predicted molar refractivity (Wildman–Crippen MR) is 64.4 cm³/mol. The minimum Gasteiger partial charge on any atom is -0.469 e. The highest BCUT2D eigenvalue weighted by atomic mass is 16.3. The summed E-state index contributed by atoms with van der Waals surface area (Å²) in [6.07, 6.45) is 4.29. The lowest BCUT2D eigenvalue weighted by Crippen LogP contribution is -2.31. The lowest BCUT2D eigenvalue weighted by molar-refractivity contribution is 0.416. The summed E-state index contributed by atoms with van der Waals surface area (Å²) in [7, 11) is 1.95. The fourth-order valence-corrected chi connectivity index (χ4v) is 1.97. The molecule has 5 nitrogen and oxygen atoms in total. The molecule has 0 bridgehead atoms. The van der Waals surface area contributed by atoms with E-state index >= 15 is 0 Å². The molecule has 0 aliphatic carbocycles. The van der Waals surface area contributed by atoms with Gasteiger partial charge in [0.25, 0.3) is 0 Å². The molecule has 0 radical (unpaired) electrons. The largest absolute Gasteiger partial charge is 0.469 e. The lowest BCUT2D eigenvalue weighted by Gasteiger charge is -2.18. The summed E-state index contributed by atoms with van der Waals surface area (Å²) in [4.78, 5) is 0. The minimum atomic E-state index is 0.174. The van der Waals surface area contributed by atoms with Crippen LogP contribution in [0.3, 0.4) is 0 Å². The van der Waals surface area contributed by atoms with Gasteiger partial charge in [-0.3, -0.25) is 0 Å². The van der Waals surface area contributed by atoms with Gasteiger partial charge in [0.15, 0.2) is 0 Å². The average molecular weight is 234 g/mol. The Hall–Kier alpha value is -1.62. The maximum atomic E-state index is 5.33. The van der Waals surface area contributed by atoms with E-state index in [1.165, 1.54) is 0 Å². The number of hydrogen-bond donors (Lipinski definition) is 1. The van der Waals surface area contributed by atoms with Crippen LogP contribution in [-0.2, 0) is 13.5 Å². The molecule has 2 heterocycles. The Kier molecular flexibility index (Phi) is 3.58. The predicted octanol–water partition coefficient (Wildman–Crippen LogP) is 1.69. The van der Waals surface area contributed by atoms with E-state index in [0.717, 1.165) is 18.0 Å². The van der Waals surface area contributed by atoms with Crippen molar-refractivity contribution in [2.75, 3.05) is 0 Å². The number of aromatic nitrogens is 3. The molecule has 0 aliphatic heterocycles. The second kappa shape index (κ2) is 5.14. The van der Waals surface area contributed by atoms with Crippen LogP contribution in [0.25, 0.3) is 0 Å². The van der Waals surface area contributed by atoms with Crippen LogP contribution >= 0.6 is 0 Å². The van der Waals surface area contributed by atoms with Gasteiger partial charge in [-0.05, 0) is 26.0 Å². The molecule has 1 N–H and O–H groups in total. The van der Waals surface area contributed by atoms with Crippen molar-refractivity contribution in [1.29, 1.82) is 0 Å². The molecule has 17 heavy (non-hydrogen) atoms. The monoisotopic (exact) mass is 234 g/mol. The lowest BCUT2D eigenvalue weighted by atomic mass is 10.1. The van der Waals surface area contributed by atoms with Crippen molar-refractivity contribution in [1.82, 2.24) is 20.1 Å². The highest BCUT2D eigenvalue weighted by molar-refractivity contribution is 5.01. The van der Waals surface area contributed by atoms with Crippen molar-refractivity contribution in [3.63, 3.8) is 0 Å². The third-order valence-corrected chi connectivity index (χ3v) is 2.76. The zero-order chi connectivity index (χ0) is 12.3. The van der Waals surface area contributed by atoms with Crippen LogP contribution in [0.1, 0.15) is 31.5 Å². The summed E-state index contributed by atoms with van der Waals surface area (Å²) in [5, 5.41) is 11.5. The zero-order valence-corrected chi connectivity index (χ0v) is 10.4. The Morgan fingerprint density at radius 3 is 2.88 bits per heavy atom. The van der Waals surface area contributed by atoms with Crippen LogP contribution < -0.4 is 5.32 Å². The number of furan rings is 1. The summed E-state index contributed by atoms with van der Waals surface area (Å²) in [6.45, 7) is 4.22. The van der Waals surface area contributed by atoms with Crippen LogP contribution in [0.2, 0.25) is 0 Å². The first-order valence-corrected chi connectivity index (χ1v) is 5.79. The average Bonchev–Trinajstić information content (AvgIpc) is 2.88. The Morgan fingerprint density at radius 1 is 1.47 bits per heavy atom. The van der Waals surface area contributed by atoms with Gasteiger partial charge in [0.05, 0.1) is 12.3 Å². The number of hydrogen-bond acceptors (Lipinski definition) is 4. The Balaban J connectivity index is 1.90. The molecule has 2 rings (SSSR count). The summed E-state index contributed by atoms with van der Waals surface area (Å²) in [5.74, 6) is 1.94. The smallest absolute Gasteiger partial charge is 0.149 e. The highest BCUT2D eigenvalue weighted by Gasteiger charge is 2.14. The van der Waals surface area contributed by atoms with Crippen molar-refractivity contribution in [3.05, 3.63) is 36.3 Å². The molecule has 0 aromatic carbocycles. The maximum Gasteiger partial charge on any atom is 0.149 e.